The molecule has 2 heterocycles. The van der Waals surface area contributed by atoms with E-state index < -0.39 is 37.3 Å². The van der Waals surface area contributed by atoms with Crippen molar-refractivity contribution < 1.29 is 34.3 Å². The largest absolute Gasteiger partial charge is 0.394 e. The van der Waals surface area contributed by atoms with Gasteiger partial charge in [-0.1, -0.05) is 0 Å². The average molecular weight is 277 g/mol. The van der Waals surface area contributed by atoms with Gasteiger partial charge in [-0.15, -0.1) is 0 Å². The molecule has 0 radical (unpaired) electrons. The Morgan fingerprint density at radius 2 is 2.11 bits per heavy atom. The molecule has 2 rings (SSSR count). The van der Waals surface area contributed by atoms with Gasteiger partial charge in [0, 0.05) is 6.92 Å². The Bertz CT molecular complexity index is 322. The Morgan fingerprint density at radius 3 is 2.63 bits per heavy atom. The van der Waals surface area contributed by atoms with E-state index in [-0.39, 0.29) is 18.6 Å². The quantitative estimate of drug-likeness (QED) is 0.405. The summed E-state index contributed by atoms with van der Waals surface area (Å²) in [5.41, 5.74) is 0. The summed E-state index contributed by atoms with van der Waals surface area (Å²) in [4.78, 5) is 11.1. The smallest absolute Gasteiger partial charge is 0.217 e. The summed E-state index contributed by atoms with van der Waals surface area (Å²) >= 11 is 0. The lowest BCUT2D eigenvalue weighted by Gasteiger charge is -2.42. The lowest BCUT2D eigenvalue weighted by atomic mass is 9.97. The third-order valence-electron chi connectivity index (χ3n) is 3.10. The summed E-state index contributed by atoms with van der Waals surface area (Å²) in [6, 6.07) is -0.894. The number of carbonyl (C=O) groups is 1. The highest BCUT2D eigenvalue weighted by atomic mass is 16.7. The van der Waals surface area contributed by atoms with Crippen LogP contribution in [0.25, 0.3) is 0 Å². The molecular weight excluding hydrogens is 258 g/mol. The Balaban J connectivity index is 2.01. The van der Waals surface area contributed by atoms with Crippen LogP contribution in [-0.2, 0) is 19.0 Å². The fourth-order valence-electron chi connectivity index (χ4n) is 1.98. The van der Waals surface area contributed by atoms with Crippen molar-refractivity contribution in [2.45, 2.75) is 43.7 Å². The second kappa shape index (κ2) is 6.12. The van der Waals surface area contributed by atoms with E-state index in [1.165, 1.54) is 6.92 Å². The van der Waals surface area contributed by atoms with Crippen LogP contribution in [0.5, 0.6) is 0 Å². The molecule has 2 aliphatic rings. The van der Waals surface area contributed by atoms with Gasteiger partial charge in [0.05, 0.1) is 19.8 Å². The number of aliphatic hydroxyl groups excluding tert-OH is 3. The molecule has 0 spiro atoms. The fraction of sp³-hybridized carbons (Fsp3) is 0.909. The molecule has 1 amide bonds. The van der Waals surface area contributed by atoms with Gasteiger partial charge in [0.15, 0.2) is 6.29 Å². The van der Waals surface area contributed by atoms with Crippen molar-refractivity contribution in [1.29, 1.82) is 0 Å². The van der Waals surface area contributed by atoms with Crippen LogP contribution in [0.4, 0.5) is 0 Å². The van der Waals surface area contributed by atoms with E-state index in [2.05, 4.69) is 5.32 Å². The number of carbonyl (C=O) groups excluding carboxylic acids is 1. The maximum atomic E-state index is 11.1. The van der Waals surface area contributed by atoms with Gasteiger partial charge in [-0.05, 0) is 0 Å². The van der Waals surface area contributed by atoms with Crippen molar-refractivity contribution in [1.82, 2.24) is 5.32 Å². The minimum absolute atomic E-state index is 0.00172. The van der Waals surface area contributed by atoms with Gasteiger partial charge in [0.1, 0.15) is 30.5 Å². The van der Waals surface area contributed by atoms with Crippen LogP contribution < -0.4 is 5.32 Å². The maximum absolute atomic E-state index is 11.1. The zero-order valence-corrected chi connectivity index (χ0v) is 10.6. The number of hydrogen-bond donors (Lipinski definition) is 4. The number of nitrogens with one attached hydrogen (secondary N) is 1. The van der Waals surface area contributed by atoms with Crippen LogP contribution in [0.2, 0.25) is 0 Å². The van der Waals surface area contributed by atoms with Crippen molar-refractivity contribution in [2.24, 2.45) is 0 Å². The van der Waals surface area contributed by atoms with Crippen molar-refractivity contribution >= 4 is 5.91 Å². The second-order valence-electron chi connectivity index (χ2n) is 4.72. The molecule has 19 heavy (non-hydrogen) atoms. The number of hydrogen-bond acceptors (Lipinski definition) is 7. The molecule has 4 N–H and O–H groups in total. The number of rotatable bonds is 5. The van der Waals surface area contributed by atoms with E-state index in [4.69, 9.17) is 19.3 Å². The van der Waals surface area contributed by atoms with Gasteiger partial charge in [0.25, 0.3) is 0 Å². The summed E-state index contributed by atoms with van der Waals surface area (Å²) in [6.45, 7) is 1.71. The highest BCUT2D eigenvalue weighted by Gasteiger charge is 2.45. The molecule has 6 atom stereocenters. The van der Waals surface area contributed by atoms with E-state index >= 15 is 0 Å². The van der Waals surface area contributed by atoms with Crippen LogP contribution in [-0.4, -0.2) is 77.8 Å². The summed E-state index contributed by atoms with van der Waals surface area (Å²) in [6.07, 6.45) is -4.47. The SMILES string of the molecule is CC(=O)N[C@H]1[C@H](OCC2CO2)O[C@H](CO)[C@@H](O)[C@@H]1O. The predicted octanol–water partition coefficient (Wildman–Crippen LogP) is -2.65. The van der Waals surface area contributed by atoms with Gasteiger partial charge in [0.2, 0.25) is 5.91 Å². The van der Waals surface area contributed by atoms with Gasteiger partial charge in [-0.3, -0.25) is 4.79 Å². The molecule has 0 aromatic rings. The topological polar surface area (TPSA) is 121 Å². The highest BCUT2D eigenvalue weighted by molar-refractivity contribution is 5.73. The van der Waals surface area contributed by atoms with Crippen LogP contribution in [0.1, 0.15) is 6.92 Å². The standard InChI is InChI=1S/C11H19NO7/c1-5(14)12-8-10(16)9(15)7(2-13)19-11(8)18-4-6-3-17-6/h6-11,13,15-16H,2-4H2,1H3,(H,12,14)/t6?,7-,8-,9-,10-,11-/m1/s1. The van der Waals surface area contributed by atoms with Crippen molar-refractivity contribution in [3.63, 3.8) is 0 Å². The third kappa shape index (κ3) is 3.62. The molecule has 0 aromatic heterocycles. The Labute approximate surface area is 110 Å². The monoisotopic (exact) mass is 277 g/mol. The predicted molar refractivity (Wildman–Crippen MR) is 61.1 cm³/mol. The van der Waals surface area contributed by atoms with Crippen LogP contribution in [0.15, 0.2) is 0 Å². The third-order valence-corrected chi connectivity index (χ3v) is 3.10. The molecule has 2 saturated heterocycles. The average Bonchev–Trinajstić information content (AvgIpc) is 3.18. The summed E-state index contributed by atoms with van der Waals surface area (Å²) < 4.78 is 15.8. The zero-order chi connectivity index (χ0) is 14.0. The van der Waals surface area contributed by atoms with E-state index in [1.54, 1.807) is 0 Å². The molecule has 0 bridgehead atoms. The first-order valence-corrected chi connectivity index (χ1v) is 6.15. The van der Waals surface area contributed by atoms with Crippen LogP contribution in [0.3, 0.4) is 0 Å². The number of ether oxygens (including phenoxy) is 3. The first-order chi connectivity index (χ1) is 9.02. The molecular formula is C11H19NO7. The van der Waals surface area contributed by atoms with Gasteiger partial charge >= 0.3 is 0 Å². The molecule has 2 fully saturated rings. The van der Waals surface area contributed by atoms with Crippen molar-refractivity contribution in [2.75, 3.05) is 19.8 Å². The van der Waals surface area contributed by atoms with Gasteiger partial charge in [-0.2, -0.15) is 0 Å². The molecule has 0 aromatic carbocycles. The number of aliphatic hydroxyl groups is 3. The van der Waals surface area contributed by atoms with Crippen LogP contribution >= 0.6 is 0 Å². The van der Waals surface area contributed by atoms with E-state index in [0.717, 1.165) is 0 Å². The number of amides is 1. The molecule has 1 unspecified atom stereocenters. The first-order valence-electron chi connectivity index (χ1n) is 6.15. The molecule has 2 aliphatic heterocycles. The van der Waals surface area contributed by atoms with Crippen molar-refractivity contribution in [3.8, 4) is 0 Å². The van der Waals surface area contributed by atoms with Gasteiger partial charge < -0.3 is 34.8 Å². The first kappa shape index (κ1) is 14.6. The minimum atomic E-state index is -1.29. The van der Waals surface area contributed by atoms with E-state index in [1.807, 2.05) is 0 Å². The number of epoxide rings is 1. The maximum Gasteiger partial charge on any atom is 0.217 e. The van der Waals surface area contributed by atoms with Crippen LogP contribution in [0, 0.1) is 0 Å². The molecule has 8 nitrogen and oxygen atoms in total. The van der Waals surface area contributed by atoms with E-state index in [0.29, 0.717) is 6.61 Å². The molecule has 0 saturated carbocycles. The van der Waals surface area contributed by atoms with Crippen molar-refractivity contribution in [3.05, 3.63) is 0 Å². The molecule has 8 heteroatoms. The summed E-state index contributed by atoms with van der Waals surface area (Å²) in [7, 11) is 0. The molecule has 110 valence electrons. The Kier molecular flexibility index (Phi) is 4.71. The lowest BCUT2D eigenvalue weighted by molar-refractivity contribution is -0.270. The fourth-order valence-corrected chi connectivity index (χ4v) is 1.98. The normalized spacial score (nSPS) is 41.9. The zero-order valence-electron chi connectivity index (χ0n) is 10.6. The lowest BCUT2D eigenvalue weighted by Crippen LogP contribution is -2.64. The molecule has 0 aliphatic carbocycles. The Morgan fingerprint density at radius 1 is 1.42 bits per heavy atom. The summed E-state index contributed by atoms with van der Waals surface area (Å²) in [5, 5.41) is 31.3. The highest BCUT2D eigenvalue weighted by Crippen LogP contribution is 2.23. The van der Waals surface area contributed by atoms with Gasteiger partial charge in [-0.25, -0.2) is 0 Å². The minimum Gasteiger partial charge on any atom is -0.394 e. The van der Waals surface area contributed by atoms with E-state index in [9.17, 15) is 15.0 Å². The Hall–Kier alpha value is -0.770. The second-order valence-corrected chi connectivity index (χ2v) is 4.72. The summed E-state index contributed by atoms with van der Waals surface area (Å²) in [5.74, 6) is -0.376.